The maximum atomic E-state index is 11.9. The van der Waals surface area contributed by atoms with Crippen LogP contribution in [0.4, 0.5) is 4.79 Å². The molecule has 1 aliphatic heterocycles. The number of nitrogens with one attached hydrogen (secondary N) is 2. The van der Waals surface area contributed by atoms with Crippen LogP contribution in [-0.4, -0.2) is 57.0 Å². The molecule has 3 N–H and O–H groups in total. The molecule has 0 radical (unpaired) electrons. The van der Waals surface area contributed by atoms with E-state index >= 15 is 0 Å². The Labute approximate surface area is 165 Å². The molecule has 28 heavy (non-hydrogen) atoms. The lowest BCUT2D eigenvalue weighted by Crippen LogP contribution is -2.54. The van der Waals surface area contributed by atoms with Crippen LogP contribution in [0.2, 0.25) is 0 Å². The van der Waals surface area contributed by atoms with E-state index in [-0.39, 0.29) is 30.8 Å². The first-order valence-corrected chi connectivity index (χ1v) is 9.84. The molecular weight excluding hydrogens is 358 g/mol. The zero-order valence-electron chi connectivity index (χ0n) is 16.4. The molecule has 2 aromatic rings. The Morgan fingerprint density at radius 3 is 2.82 bits per heavy atom. The van der Waals surface area contributed by atoms with Crippen LogP contribution < -0.4 is 10.6 Å². The van der Waals surface area contributed by atoms with Gasteiger partial charge in [0.25, 0.3) is 0 Å². The number of aliphatic hydroxyl groups excluding tert-OH is 1. The quantitative estimate of drug-likeness (QED) is 0.674. The van der Waals surface area contributed by atoms with Gasteiger partial charge in [0, 0.05) is 18.2 Å². The summed E-state index contributed by atoms with van der Waals surface area (Å²) >= 11 is 0. The van der Waals surface area contributed by atoms with Gasteiger partial charge < -0.3 is 20.5 Å². The second-order valence-corrected chi connectivity index (χ2v) is 7.46. The van der Waals surface area contributed by atoms with Gasteiger partial charge in [-0.15, -0.1) is 5.10 Å². The van der Waals surface area contributed by atoms with Gasteiger partial charge in [-0.2, -0.15) is 0 Å². The van der Waals surface area contributed by atoms with Gasteiger partial charge in [-0.05, 0) is 33.1 Å². The van der Waals surface area contributed by atoms with Crippen LogP contribution in [0, 0.1) is 0 Å². The highest BCUT2D eigenvalue weighted by Gasteiger charge is 2.31. The average molecular weight is 387 g/mol. The molecule has 0 aliphatic carbocycles. The van der Waals surface area contributed by atoms with E-state index in [1.54, 1.807) is 0 Å². The van der Waals surface area contributed by atoms with Crippen LogP contribution in [0.15, 0.2) is 36.5 Å². The molecule has 2 heterocycles. The SMILES string of the molecule is CC(C)NC(=O)N[C@H]1CC[C@H](CCn2cc(-c3ccccc3)nn2)O[C@H]1CO. The van der Waals surface area contributed by atoms with Crippen molar-refractivity contribution in [3.63, 3.8) is 0 Å². The Morgan fingerprint density at radius 2 is 2.11 bits per heavy atom. The fourth-order valence-corrected chi connectivity index (χ4v) is 3.41. The molecule has 1 aromatic heterocycles. The molecule has 3 atom stereocenters. The van der Waals surface area contributed by atoms with Crippen LogP contribution in [0.5, 0.6) is 0 Å². The largest absolute Gasteiger partial charge is 0.394 e. The summed E-state index contributed by atoms with van der Waals surface area (Å²) in [5.74, 6) is 0. The lowest BCUT2D eigenvalue weighted by Gasteiger charge is -2.36. The molecule has 3 rings (SSSR count). The van der Waals surface area contributed by atoms with Crippen molar-refractivity contribution in [3.8, 4) is 11.3 Å². The van der Waals surface area contributed by atoms with E-state index in [0.717, 1.165) is 30.5 Å². The van der Waals surface area contributed by atoms with E-state index < -0.39 is 6.10 Å². The van der Waals surface area contributed by atoms with Gasteiger partial charge in [-0.25, -0.2) is 4.79 Å². The minimum atomic E-state index is -0.396. The molecule has 152 valence electrons. The lowest BCUT2D eigenvalue weighted by atomic mass is 9.97. The first-order chi connectivity index (χ1) is 13.5. The number of urea groups is 1. The number of benzene rings is 1. The van der Waals surface area contributed by atoms with Crippen LogP contribution in [0.25, 0.3) is 11.3 Å². The number of nitrogens with zero attached hydrogens (tertiary/aromatic N) is 3. The van der Waals surface area contributed by atoms with Crippen molar-refractivity contribution in [2.45, 2.75) is 63.9 Å². The van der Waals surface area contributed by atoms with Crippen molar-refractivity contribution in [3.05, 3.63) is 36.5 Å². The second-order valence-electron chi connectivity index (χ2n) is 7.46. The minimum absolute atomic E-state index is 0.0211. The fourth-order valence-electron chi connectivity index (χ4n) is 3.41. The molecule has 8 heteroatoms. The molecule has 0 spiro atoms. The molecular formula is C20H29N5O3. The van der Waals surface area contributed by atoms with Crippen LogP contribution in [0.3, 0.4) is 0 Å². The van der Waals surface area contributed by atoms with Crippen LogP contribution >= 0.6 is 0 Å². The smallest absolute Gasteiger partial charge is 0.315 e. The first-order valence-electron chi connectivity index (χ1n) is 9.84. The summed E-state index contributed by atoms with van der Waals surface area (Å²) in [7, 11) is 0. The summed E-state index contributed by atoms with van der Waals surface area (Å²) < 4.78 is 7.83. The number of rotatable bonds is 7. The molecule has 1 aliphatic rings. The number of amides is 2. The number of carbonyl (C=O) groups excluding carboxylic acids is 1. The van der Waals surface area contributed by atoms with E-state index in [1.807, 2.05) is 55.1 Å². The normalized spacial score (nSPS) is 22.2. The zero-order chi connectivity index (χ0) is 19.9. The number of aliphatic hydroxyl groups is 1. The van der Waals surface area contributed by atoms with Gasteiger partial charge in [-0.1, -0.05) is 35.5 Å². The summed E-state index contributed by atoms with van der Waals surface area (Å²) in [4.78, 5) is 11.9. The first kappa shape index (κ1) is 20.3. The van der Waals surface area contributed by atoms with E-state index in [9.17, 15) is 9.90 Å². The summed E-state index contributed by atoms with van der Waals surface area (Å²) in [6, 6.07) is 9.59. The van der Waals surface area contributed by atoms with E-state index in [1.165, 1.54) is 0 Å². The number of aromatic nitrogens is 3. The monoisotopic (exact) mass is 387 g/mol. The topological polar surface area (TPSA) is 101 Å². The Hall–Kier alpha value is -2.45. The average Bonchev–Trinajstić information content (AvgIpc) is 3.16. The zero-order valence-corrected chi connectivity index (χ0v) is 16.4. The van der Waals surface area contributed by atoms with Gasteiger partial charge >= 0.3 is 6.03 Å². The van der Waals surface area contributed by atoms with Gasteiger partial charge in [-0.3, -0.25) is 4.68 Å². The Kier molecular flexibility index (Phi) is 7.00. The summed E-state index contributed by atoms with van der Waals surface area (Å²) in [6.07, 6.45) is 3.93. The molecule has 1 fully saturated rings. The van der Waals surface area contributed by atoms with Crippen LogP contribution in [-0.2, 0) is 11.3 Å². The highest BCUT2D eigenvalue weighted by molar-refractivity contribution is 5.74. The number of hydrogen-bond donors (Lipinski definition) is 3. The van der Waals surface area contributed by atoms with Crippen molar-refractivity contribution in [1.29, 1.82) is 0 Å². The van der Waals surface area contributed by atoms with Crippen LogP contribution in [0.1, 0.15) is 33.1 Å². The third-order valence-electron chi connectivity index (χ3n) is 4.82. The Balaban J connectivity index is 1.49. The van der Waals surface area contributed by atoms with Crippen molar-refractivity contribution in [2.24, 2.45) is 0 Å². The standard InChI is InChI=1S/C20H29N5O3/c1-14(2)21-20(27)22-17-9-8-16(28-19(17)13-26)10-11-25-12-18(23-24-25)15-6-4-3-5-7-15/h3-7,12,14,16-17,19,26H,8-11,13H2,1-2H3,(H2,21,22,27)/t16-,17+,19+/m1/s1. The summed E-state index contributed by atoms with van der Waals surface area (Å²) in [6.45, 7) is 4.38. The molecule has 1 aromatic carbocycles. The third kappa shape index (κ3) is 5.53. The van der Waals surface area contributed by atoms with Gasteiger partial charge in [0.15, 0.2) is 0 Å². The molecule has 1 saturated heterocycles. The summed E-state index contributed by atoms with van der Waals surface area (Å²) in [5.41, 5.74) is 1.88. The maximum absolute atomic E-state index is 11.9. The van der Waals surface area contributed by atoms with Gasteiger partial charge in [0.05, 0.1) is 24.9 Å². The molecule has 8 nitrogen and oxygen atoms in total. The lowest BCUT2D eigenvalue weighted by molar-refractivity contribution is -0.0908. The number of hydrogen-bond acceptors (Lipinski definition) is 5. The molecule has 0 bridgehead atoms. The highest BCUT2D eigenvalue weighted by atomic mass is 16.5. The minimum Gasteiger partial charge on any atom is -0.394 e. The van der Waals surface area contributed by atoms with Crippen molar-refractivity contribution in [2.75, 3.05) is 6.61 Å². The third-order valence-corrected chi connectivity index (χ3v) is 4.82. The van der Waals surface area contributed by atoms with E-state index in [2.05, 4.69) is 20.9 Å². The Morgan fingerprint density at radius 1 is 1.32 bits per heavy atom. The highest BCUT2D eigenvalue weighted by Crippen LogP contribution is 2.23. The predicted octanol–water partition coefficient (Wildman–Crippen LogP) is 1.95. The molecule has 2 amide bonds. The molecule has 0 unspecified atom stereocenters. The number of carbonyl (C=O) groups is 1. The van der Waals surface area contributed by atoms with E-state index in [0.29, 0.717) is 6.54 Å². The molecule has 0 saturated carbocycles. The van der Waals surface area contributed by atoms with Crippen molar-refractivity contribution >= 4 is 6.03 Å². The van der Waals surface area contributed by atoms with Crippen molar-refractivity contribution < 1.29 is 14.6 Å². The Bertz CT molecular complexity index is 749. The van der Waals surface area contributed by atoms with Crippen molar-refractivity contribution in [1.82, 2.24) is 25.6 Å². The van der Waals surface area contributed by atoms with Gasteiger partial charge in [0.2, 0.25) is 0 Å². The number of ether oxygens (including phenoxy) is 1. The van der Waals surface area contributed by atoms with Gasteiger partial charge in [0.1, 0.15) is 11.8 Å². The second kappa shape index (κ2) is 9.66. The maximum Gasteiger partial charge on any atom is 0.315 e. The summed E-state index contributed by atoms with van der Waals surface area (Å²) in [5, 5.41) is 23.8. The predicted molar refractivity (Wildman–Crippen MR) is 106 cm³/mol. The van der Waals surface area contributed by atoms with E-state index in [4.69, 9.17) is 4.74 Å². The number of aryl methyl sites for hydroxylation is 1. The fraction of sp³-hybridized carbons (Fsp3) is 0.550.